The monoisotopic (exact) mass is 179 g/mol. The van der Waals surface area contributed by atoms with Crippen LogP contribution in [0.4, 0.5) is 0 Å². The van der Waals surface area contributed by atoms with Gasteiger partial charge in [0.2, 0.25) is 0 Å². The van der Waals surface area contributed by atoms with Crippen LogP contribution in [-0.4, -0.2) is 20.3 Å². The van der Waals surface area contributed by atoms with E-state index in [2.05, 4.69) is 0 Å². The molecule has 1 aromatic rings. The van der Waals surface area contributed by atoms with Crippen molar-refractivity contribution in [3.8, 4) is 5.75 Å². The SMILES string of the molecule is COc1ccccc1C1(N)COC1. The molecule has 1 aliphatic rings. The van der Waals surface area contributed by atoms with Gasteiger partial charge in [0.05, 0.1) is 25.9 Å². The highest BCUT2D eigenvalue weighted by Gasteiger charge is 2.38. The van der Waals surface area contributed by atoms with Crippen LogP contribution in [0.25, 0.3) is 0 Å². The van der Waals surface area contributed by atoms with Gasteiger partial charge in [0.15, 0.2) is 0 Å². The molecule has 3 nitrogen and oxygen atoms in total. The summed E-state index contributed by atoms with van der Waals surface area (Å²) < 4.78 is 10.3. The molecule has 1 aliphatic heterocycles. The van der Waals surface area contributed by atoms with E-state index >= 15 is 0 Å². The van der Waals surface area contributed by atoms with Crippen LogP contribution in [0.2, 0.25) is 0 Å². The van der Waals surface area contributed by atoms with Crippen molar-refractivity contribution >= 4 is 0 Å². The largest absolute Gasteiger partial charge is 0.496 e. The molecule has 0 amide bonds. The Bertz CT molecular complexity index is 308. The van der Waals surface area contributed by atoms with Gasteiger partial charge < -0.3 is 15.2 Å². The van der Waals surface area contributed by atoms with Crippen molar-refractivity contribution in [1.82, 2.24) is 0 Å². The first-order valence-corrected chi connectivity index (χ1v) is 4.26. The molecule has 70 valence electrons. The van der Waals surface area contributed by atoms with Crippen LogP contribution in [0.3, 0.4) is 0 Å². The van der Waals surface area contributed by atoms with E-state index in [0.717, 1.165) is 11.3 Å². The third-order valence-corrected chi connectivity index (χ3v) is 2.36. The quantitative estimate of drug-likeness (QED) is 0.733. The number of benzene rings is 1. The van der Waals surface area contributed by atoms with Crippen molar-refractivity contribution in [3.63, 3.8) is 0 Å². The van der Waals surface area contributed by atoms with Crippen LogP contribution in [0.5, 0.6) is 5.75 Å². The van der Waals surface area contributed by atoms with Crippen LogP contribution in [-0.2, 0) is 10.3 Å². The number of methoxy groups -OCH3 is 1. The minimum Gasteiger partial charge on any atom is -0.496 e. The number of para-hydroxylation sites is 1. The third kappa shape index (κ3) is 1.30. The number of rotatable bonds is 2. The molecule has 2 N–H and O–H groups in total. The molecule has 0 saturated carbocycles. The molecule has 13 heavy (non-hydrogen) atoms. The lowest BCUT2D eigenvalue weighted by molar-refractivity contribution is -0.0578. The maximum absolute atomic E-state index is 6.10. The summed E-state index contributed by atoms with van der Waals surface area (Å²) >= 11 is 0. The van der Waals surface area contributed by atoms with Crippen molar-refractivity contribution < 1.29 is 9.47 Å². The Morgan fingerprint density at radius 2 is 2.08 bits per heavy atom. The number of hydrogen-bond donors (Lipinski definition) is 1. The number of hydrogen-bond acceptors (Lipinski definition) is 3. The van der Waals surface area contributed by atoms with Gasteiger partial charge >= 0.3 is 0 Å². The summed E-state index contributed by atoms with van der Waals surface area (Å²) in [5.41, 5.74) is 6.79. The van der Waals surface area contributed by atoms with Gasteiger partial charge in [0, 0.05) is 5.56 Å². The van der Waals surface area contributed by atoms with Gasteiger partial charge in [0.25, 0.3) is 0 Å². The van der Waals surface area contributed by atoms with Crippen LogP contribution in [0.15, 0.2) is 24.3 Å². The van der Waals surface area contributed by atoms with Crippen molar-refractivity contribution in [1.29, 1.82) is 0 Å². The van der Waals surface area contributed by atoms with Gasteiger partial charge in [-0.25, -0.2) is 0 Å². The fourth-order valence-corrected chi connectivity index (χ4v) is 1.53. The average molecular weight is 179 g/mol. The molecule has 1 aromatic carbocycles. The van der Waals surface area contributed by atoms with Crippen molar-refractivity contribution in [2.24, 2.45) is 5.73 Å². The Morgan fingerprint density at radius 1 is 1.38 bits per heavy atom. The second kappa shape index (κ2) is 3.01. The minimum absolute atomic E-state index is 0.341. The average Bonchev–Trinajstić information content (AvgIpc) is 2.14. The van der Waals surface area contributed by atoms with E-state index in [-0.39, 0.29) is 5.54 Å². The lowest BCUT2D eigenvalue weighted by Gasteiger charge is -2.38. The van der Waals surface area contributed by atoms with Crippen LogP contribution >= 0.6 is 0 Å². The highest BCUT2D eigenvalue weighted by Crippen LogP contribution is 2.33. The molecule has 0 spiro atoms. The molecular formula is C10H13NO2. The van der Waals surface area contributed by atoms with Gasteiger partial charge in [-0.1, -0.05) is 18.2 Å². The molecular weight excluding hydrogens is 166 g/mol. The molecule has 1 heterocycles. The topological polar surface area (TPSA) is 44.5 Å². The van der Waals surface area contributed by atoms with Crippen molar-refractivity contribution in [3.05, 3.63) is 29.8 Å². The Morgan fingerprint density at radius 3 is 2.62 bits per heavy atom. The van der Waals surface area contributed by atoms with E-state index in [1.807, 2.05) is 24.3 Å². The second-order valence-electron chi connectivity index (χ2n) is 3.35. The minimum atomic E-state index is -0.341. The molecule has 0 aromatic heterocycles. The maximum Gasteiger partial charge on any atom is 0.124 e. The smallest absolute Gasteiger partial charge is 0.124 e. The summed E-state index contributed by atoms with van der Waals surface area (Å²) in [7, 11) is 1.65. The molecule has 0 bridgehead atoms. The first-order valence-electron chi connectivity index (χ1n) is 4.26. The summed E-state index contributed by atoms with van der Waals surface area (Å²) in [6.07, 6.45) is 0. The number of nitrogens with two attached hydrogens (primary N) is 1. The molecule has 0 atom stereocenters. The van der Waals surface area contributed by atoms with E-state index in [1.165, 1.54) is 0 Å². The Labute approximate surface area is 77.5 Å². The molecule has 0 radical (unpaired) electrons. The first kappa shape index (κ1) is 8.53. The van der Waals surface area contributed by atoms with E-state index in [1.54, 1.807) is 7.11 Å². The molecule has 1 saturated heterocycles. The first-order chi connectivity index (χ1) is 6.26. The van der Waals surface area contributed by atoms with Crippen LogP contribution in [0.1, 0.15) is 5.56 Å². The fraction of sp³-hybridized carbons (Fsp3) is 0.400. The summed E-state index contributed by atoms with van der Waals surface area (Å²) in [6, 6.07) is 7.81. The van der Waals surface area contributed by atoms with Gasteiger partial charge in [-0.15, -0.1) is 0 Å². The van der Waals surface area contributed by atoms with Gasteiger partial charge in [-0.2, -0.15) is 0 Å². The van der Waals surface area contributed by atoms with E-state index < -0.39 is 0 Å². The van der Waals surface area contributed by atoms with E-state index in [9.17, 15) is 0 Å². The van der Waals surface area contributed by atoms with Gasteiger partial charge in [-0.3, -0.25) is 0 Å². The molecule has 2 rings (SSSR count). The Hall–Kier alpha value is -1.06. The fourth-order valence-electron chi connectivity index (χ4n) is 1.53. The Balaban J connectivity index is 2.38. The highest BCUT2D eigenvalue weighted by molar-refractivity contribution is 5.40. The molecule has 0 aliphatic carbocycles. The standard InChI is InChI=1S/C10H13NO2/c1-12-9-5-3-2-4-8(9)10(11)6-13-7-10/h2-5H,6-7,11H2,1H3. The van der Waals surface area contributed by atoms with Crippen molar-refractivity contribution in [2.75, 3.05) is 20.3 Å². The normalized spacial score (nSPS) is 19.2. The van der Waals surface area contributed by atoms with Crippen LogP contribution in [0, 0.1) is 0 Å². The highest BCUT2D eigenvalue weighted by atomic mass is 16.5. The zero-order valence-electron chi connectivity index (χ0n) is 7.62. The second-order valence-corrected chi connectivity index (χ2v) is 3.35. The van der Waals surface area contributed by atoms with E-state index in [0.29, 0.717) is 13.2 Å². The van der Waals surface area contributed by atoms with Gasteiger partial charge in [-0.05, 0) is 6.07 Å². The number of ether oxygens (including phenoxy) is 2. The molecule has 0 unspecified atom stereocenters. The lowest BCUT2D eigenvalue weighted by atomic mass is 9.88. The zero-order valence-corrected chi connectivity index (χ0v) is 7.62. The predicted molar refractivity (Wildman–Crippen MR) is 49.7 cm³/mol. The summed E-state index contributed by atoms with van der Waals surface area (Å²) in [4.78, 5) is 0. The van der Waals surface area contributed by atoms with Crippen LogP contribution < -0.4 is 10.5 Å². The third-order valence-electron chi connectivity index (χ3n) is 2.36. The lowest BCUT2D eigenvalue weighted by Crippen LogP contribution is -2.54. The summed E-state index contributed by atoms with van der Waals surface area (Å²) in [5.74, 6) is 0.841. The Kier molecular flexibility index (Phi) is 1.98. The van der Waals surface area contributed by atoms with Crippen molar-refractivity contribution in [2.45, 2.75) is 5.54 Å². The molecule has 3 heteroatoms. The predicted octanol–water partition coefficient (Wildman–Crippen LogP) is 0.879. The maximum atomic E-state index is 6.10. The molecule has 1 fully saturated rings. The summed E-state index contributed by atoms with van der Waals surface area (Å²) in [6.45, 7) is 1.15. The zero-order chi connectivity index (χ0) is 9.31. The summed E-state index contributed by atoms with van der Waals surface area (Å²) in [5, 5.41) is 0. The van der Waals surface area contributed by atoms with E-state index in [4.69, 9.17) is 15.2 Å². The van der Waals surface area contributed by atoms with Gasteiger partial charge in [0.1, 0.15) is 5.75 Å².